The monoisotopic (exact) mass is 492 g/mol. The molecule has 3 rings (SSSR count). The zero-order chi connectivity index (χ0) is 25.8. The quantitative estimate of drug-likeness (QED) is 0.342. The Labute approximate surface area is 203 Å². The lowest BCUT2D eigenvalue weighted by Crippen LogP contribution is -2.21. The molecule has 0 saturated carbocycles. The van der Waals surface area contributed by atoms with Crippen LogP contribution in [0.5, 0.6) is 11.5 Å². The van der Waals surface area contributed by atoms with Gasteiger partial charge in [0.15, 0.2) is 0 Å². The van der Waals surface area contributed by atoms with Gasteiger partial charge in [0.2, 0.25) is 0 Å². The lowest BCUT2D eigenvalue weighted by atomic mass is 10.1. The molecule has 0 aliphatic heterocycles. The Hall–Kier alpha value is -3.49. The normalized spacial score (nSPS) is 10.9. The Morgan fingerprint density at radius 2 is 1.66 bits per heavy atom. The van der Waals surface area contributed by atoms with E-state index in [0.29, 0.717) is 0 Å². The Morgan fingerprint density at radius 3 is 2.23 bits per heavy atom. The van der Waals surface area contributed by atoms with Crippen molar-refractivity contribution in [3.63, 3.8) is 0 Å². The highest BCUT2D eigenvalue weighted by atomic mass is 19.4. The number of hydrogen-bond donors (Lipinski definition) is 1. The molecule has 1 aromatic heterocycles. The lowest BCUT2D eigenvalue weighted by molar-refractivity contribution is -0.192. The SMILES string of the molecule is CCCCCc1c(-c2ccc(OC)cc2)ncn1CCc1ccccc1OC.O=C(O)C(F)(F)F. The van der Waals surface area contributed by atoms with Crippen LogP contribution in [0.4, 0.5) is 13.2 Å². The molecule has 0 atom stereocenters. The third-order valence-electron chi connectivity index (χ3n) is 5.38. The van der Waals surface area contributed by atoms with E-state index in [2.05, 4.69) is 35.8 Å². The van der Waals surface area contributed by atoms with Crippen molar-refractivity contribution in [3.05, 3.63) is 66.1 Å². The average molecular weight is 493 g/mol. The second-order valence-electron chi connectivity index (χ2n) is 7.78. The van der Waals surface area contributed by atoms with Crippen molar-refractivity contribution in [1.82, 2.24) is 9.55 Å². The maximum Gasteiger partial charge on any atom is 0.490 e. The van der Waals surface area contributed by atoms with Gasteiger partial charge in [0.25, 0.3) is 0 Å². The van der Waals surface area contributed by atoms with Gasteiger partial charge in [-0.3, -0.25) is 0 Å². The number of ether oxygens (including phenoxy) is 2. The molecule has 0 bridgehead atoms. The third kappa shape index (κ3) is 8.35. The minimum Gasteiger partial charge on any atom is -0.497 e. The number of imidazole rings is 1. The van der Waals surface area contributed by atoms with Crippen LogP contribution in [0, 0.1) is 0 Å². The van der Waals surface area contributed by atoms with Gasteiger partial charge in [-0.05, 0) is 55.2 Å². The van der Waals surface area contributed by atoms with E-state index >= 15 is 0 Å². The highest BCUT2D eigenvalue weighted by molar-refractivity contribution is 5.73. The largest absolute Gasteiger partial charge is 0.497 e. The van der Waals surface area contributed by atoms with Gasteiger partial charge in [0.05, 0.1) is 26.2 Å². The highest BCUT2D eigenvalue weighted by Crippen LogP contribution is 2.27. The second-order valence-corrected chi connectivity index (χ2v) is 7.78. The van der Waals surface area contributed by atoms with E-state index in [4.69, 9.17) is 24.4 Å². The van der Waals surface area contributed by atoms with Crippen molar-refractivity contribution in [2.75, 3.05) is 14.2 Å². The smallest absolute Gasteiger partial charge is 0.490 e. The van der Waals surface area contributed by atoms with E-state index in [9.17, 15) is 13.2 Å². The van der Waals surface area contributed by atoms with Crippen LogP contribution in [0.15, 0.2) is 54.9 Å². The first kappa shape index (κ1) is 27.8. The first-order valence-electron chi connectivity index (χ1n) is 11.3. The number of halogens is 3. The Balaban J connectivity index is 0.000000540. The summed E-state index contributed by atoms with van der Waals surface area (Å²) in [7, 11) is 3.42. The molecule has 0 radical (unpaired) electrons. The zero-order valence-corrected chi connectivity index (χ0v) is 20.1. The Bertz CT molecular complexity index is 1060. The molecule has 0 unspecified atom stereocenters. The summed E-state index contributed by atoms with van der Waals surface area (Å²) in [6, 6.07) is 16.4. The van der Waals surface area contributed by atoms with Gasteiger partial charge in [-0.2, -0.15) is 13.2 Å². The zero-order valence-electron chi connectivity index (χ0n) is 20.1. The molecular weight excluding hydrogens is 461 g/mol. The number of alkyl halides is 3. The highest BCUT2D eigenvalue weighted by Gasteiger charge is 2.38. The molecule has 9 heteroatoms. The minimum atomic E-state index is -5.08. The van der Waals surface area contributed by atoms with E-state index in [1.54, 1.807) is 14.2 Å². The molecule has 1 heterocycles. The molecule has 190 valence electrons. The summed E-state index contributed by atoms with van der Waals surface area (Å²) in [5, 5.41) is 7.12. The molecule has 1 N–H and O–H groups in total. The number of rotatable bonds is 10. The second kappa shape index (κ2) is 13.4. The van der Waals surface area contributed by atoms with Gasteiger partial charge in [0.1, 0.15) is 11.5 Å². The Kier molecular flexibility index (Phi) is 10.6. The topological polar surface area (TPSA) is 73.6 Å². The molecule has 2 aromatic carbocycles. The number of carboxylic acids is 1. The van der Waals surface area contributed by atoms with E-state index < -0.39 is 12.1 Å². The lowest BCUT2D eigenvalue weighted by Gasteiger charge is -2.12. The number of hydrogen-bond acceptors (Lipinski definition) is 4. The van der Waals surface area contributed by atoms with Gasteiger partial charge in [-0.25, -0.2) is 9.78 Å². The number of nitrogens with zero attached hydrogens (tertiary/aromatic N) is 2. The Morgan fingerprint density at radius 1 is 1.00 bits per heavy atom. The maximum atomic E-state index is 10.6. The summed E-state index contributed by atoms with van der Waals surface area (Å²) < 4.78 is 44.8. The number of aryl methyl sites for hydroxylation is 2. The van der Waals surface area contributed by atoms with E-state index in [0.717, 1.165) is 42.1 Å². The molecule has 0 fully saturated rings. The van der Waals surface area contributed by atoms with Crippen molar-refractivity contribution >= 4 is 5.97 Å². The summed E-state index contributed by atoms with van der Waals surface area (Å²) in [4.78, 5) is 13.7. The van der Waals surface area contributed by atoms with Gasteiger partial charge in [0, 0.05) is 17.8 Å². The number of carboxylic acid groups (broad SMARTS) is 1. The molecule has 0 aliphatic rings. The average Bonchev–Trinajstić information content (AvgIpc) is 3.25. The van der Waals surface area contributed by atoms with Crippen LogP contribution >= 0.6 is 0 Å². The number of carbonyl (C=O) groups is 1. The standard InChI is InChI=1S/C24H30N2O2.C2HF3O2/c1-4-5-6-10-22-24(20-12-14-21(27-2)15-13-20)25-18-26(22)17-16-19-9-7-8-11-23(19)28-3;3-2(4,5)1(6)7/h7-9,11-15,18H,4-6,10,16-17H2,1-3H3;(H,6,7). The summed E-state index contributed by atoms with van der Waals surface area (Å²) >= 11 is 0. The van der Waals surface area contributed by atoms with Crippen LogP contribution in [0.25, 0.3) is 11.3 Å². The van der Waals surface area contributed by atoms with Crippen molar-refractivity contribution in [2.24, 2.45) is 0 Å². The first-order chi connectivity index (χ1) is 16.7. The van der Waals surface area contributed by atoms with Crippen molar-refractivity contribution in [3.8, 4) is 22.8 Å². The molecule has 0 spiro atoms. The van der Waals surface area contributed by atoms with E-state index in [-0.39, 0.29) is 0 Å². The number of para-hydroxylation sites is 1. The van der Waals surface area contributed by atoms with Crippen molar-refractivity contribution in [1.29, 1.82) is 0 Å². The van der Waals surface area contributed by atoms with Crippen molar-refractivity contribution < 1.29 is 32.5 Å². The van der Waals surface area contributed by atoms with Crippen LogP contribution in [0.1, 0.15) is 37.4 Å². The molecule has 0 saturated heterocycles. The number of unbranched alkanes of at least 4 members (excludes halogenated alkanes) is 2. The van der Waals surface area contributed by atoms with Crippen LogP contribution in [-0.2, 0) is 24.2 Å². The summed E-state index contributed by atoms with van der Waals surface area (Å²) in [6.07, 6.45) is 2.49. The van der Waals surface area contributed by atoms with Crippen LogP contribution < -0.4 is 9.47 Å². The summed E-state index contributed by atoms with van der Waals surface area (Å²) in [5.41, 5.74) is 4.76. The van der Waals surface area contributed by atoms with Crippen LogP contribution in [-0.4, -0.2) is 41.0 Å². The molecule has 3 aromatic rings. The van der Waals surface area contributed by atoms with E-state index in [1.807, 2.05) is 30.6 Å². The fourth-order valence-electron chi connectivity index (χ4n) is 3.55. The fraction of sp³-hybridized carbons (Fsp3) is 0.385. The molecule has 0 amide bonds. The first-order valence-corrected chi connectivity index (χ1v) is 11.3. The molecule has 35 heavy (non-hydrogen) atoms. The van der Waals surface area contributed by atoms with Crippen molar-refractivity contribution in [2.45, 2.75) is 51.7 Å². The molecular formula is C26H31F3N2O4. The van der Waals surface area contributed by atoms with E-state index in [1.165, 1.54) is 30.5 Å². The number of benzene rings is 2. The predicted molar refractivity (Wildman–Crippen MR) is 128 cm³/mol. The minimum absolute atomic E-state index is 0.867. The predicted octanol–water partition coefficient (Wildman–Crippen LogP) is 6.18. The summed E-state index contributed by atoms with van der Waals surface area (Å²) in [5.74, 6) is -0.940. The summed E-state index contributed by atoms with van der Waals surface area (Å²) in [6.45, 7) is 3.13. The molecule has 6 nitrogen and oxygen atoms in total. The van der Waals surface area contributed by atoms with Gasteiger partial charge in [-0.1, -0.05) is 38.0 Å². The fourth-order valence-corrected chi connectivity index (χ4v) is 3.55. The van der Waals surface area contributed by atoms with Crippen LogP contribution in [0.2, 0.25) is 0 Å². The number of methoxy groups -OCH3 is 2. The van der Waals surface area contributed by atoms with Gasteiger partial charge in [-0.15, -0.1) is 0 Å². The molecule has 0 aliphatic carbocycles. The van der Waals surface area contributed by atoms with Crippen LogP contribution in [0.3, 0.4) is 0 Å². The van der Waals surface area contributed by atoms with Gasteiger partial charge >= 0.3 is 12.1 Å². The number of aliphatic carboxylic acids is 1. The maximum absolute atomic E-state index is 10.6. The number of aromatic nitrogens is 2. The third-order valence-corrected chi connectivity index (χ3v) is 5.38. The van der Waals surface area contributed by atoms with Gasteiger partial charge < -0.3 is 19.1 Å².